The second kappa shape index (κ2) is 3.90. The van der Waals surface area contributed by atoms with Crippen LogP contribution in [0, 0.1) is 5.82 Å². The Bertz CT molecular complexity index is 339. The molecule has 2 N–H and O–H groups in total. The lowest BCUT2D eigenvalue weighted by Gasteiger charge is -2.25. The van der Waals surface area contributed by atoms with Crippen LogP contribution in [0.15, 0.2) is 22.7 Å². The van der Waals surface area contributed by atoms with Crippen molar-refractivity contribution >= 4 is 15.9 Å². The molecule has 1 rings (SSSR count). The van der Waals surface area contributed by atoms with Crippen molar-refractivity contribution in [2.75, 3.05) is 0 Å². The first-order chi connectivity index (χ1) is 6.35. The molecule has 0 aliphatic rings. The first-order valence-corrected chi connectivity index (χ1v) is 4.67. The maximum absolute atomic E-state index is 12.8. The molecule has 0 saturated carbocycles. The average molecular weight is 268 g/mol. The molecule has 0 aliphatic carbocycles. The lowest BCUT2D eigenvalue weighted by Crippen LogP contribution is -2.41. The molecule has 1 nitrogen and oxygen atoms in total. The van der Waals surface area contributed by atoms with Crippen molar-refractivity contribution in [2.24, 2.45) is 5.73 Å². The maximum atomic E-state index is 12.8. The summed E-state index contributed by atoms with van der Waals surface area (Å²) in [5.74, 6) is -0.583. The largest absolute Gasteiger partial charge is 0.317 e. The van der Waals surface area contributed by atoms with E-state index >= 15 is 0 Å². The summed E-state index contributed by atoms with van der Waals surface area (Å²) in [6, 6.07) is 3.55. The summed E-state index contributed by atoms with van der Waals surface area (Å²) in [5, 5.41) is 0. The van der Waals surface area contributed by atoms with Gasteiger partial charge in [-0.2, -0.15) is 0 Å². The van der Waals surface area contributed by atoms with E-state index in [1.54, 1.807) is 0 Å². The smallest absolute Gasteiger partial charge is 0.260 e. The zero-order chi connectivity index (χ0) is 10.9. The molecule has 0 bridgehead atoms. The number of alkyl halides is 2. The van der Waals surface area contributed by atoms with Crippen LogP contribution in [0.2, 0.25) is 0 Å². The minimum Gasteiger partial charge on any atom is -0.317 e. The Hall–Kier alpha value is -0.550. The summed E-state index contributed by atoms with van der Waals surface area (Å²) >= 11 is 3.05. The van der Waals surface area contributed by atoms with Crippen molar-refractivity contribution in [2.45, 2.75) is 18.9 Å². The molecule has 1 atom stereocenters. The van der Waals surface area contributed by atoms with Gasteiger partial charge in [0, 0.05) is 4.47 Å². The van der Waals surface area contributed by atoms with E-state index in [0.29, 0.717) is 4.47 Å². The van der Waals surface area contributed by atoms with Gasteiger partial charge in [0.25, 0.3) is 6.43 Å². The molecule has 0 amide bonds. The summed E-state index contributed by atoms with van der Waals surface area (Å²) < 4.78 is 38.3. The molecule has 1 aromatic carbocycles. The monoisotopic (exact) mass is 267 g/mol. The summed E-state index contributed by atoms with van der Waals surface area (Å²) in [6.45, 7) is 1.16. The van der Waals surface area contributed by atoms with Gasteiger partial charge in [-0.1, -0.05) is 15.9 Å². The first-order valence-electron chi connectivity index (χ1n) is 3.88. The standard InChI is InChI=1S/C9H9BrF3N/c1-9(14,8(12)13)6-4-5(11)2-3-7(6)10/h2-4,8H,14H2,1H3. The SMILES string of the molecule is CC(N)(c1cc(F)ccc1Br)C(F)F. The first kappa shape index (κ1) is 11.5. The molecule has 1 unspecified atom stereocenters. The number of nitrogens with two attached hydrogens (primary N) is 1. The van der Waals surface area contributed by atoms with E-state index in [1.807, 2.05) is 0 Å². The fourth-order valence-electron chi connectivity index (χ4n) is 1.03. The Morgan fingerprint density at radius 1 is 1.43 bits per heavy atom. The van der Waals surface area contributed by atoms with E-state index in [4.69, 9.17) is 5.73 Å². The Morgan fingerprint density at radius 3 is 2.50 bits per heavy atom. The summed E-state index contributed by atoms with van der Waals surface area (Å²) in [6.07, 6.45) is -2.75. The number of hydrogen-bond acceptors (Lipinski definition) is 1. The Labute approximate surface area is 88.2 Å². The van der Waals surface area contributed by atoms with Gasteiger partial charge in [-0.05, 0) is 30.7 Å². The predicted octanol–water partition coefficient (Wildman–Crippen LogP) is 3.03. The molecular weight excluding hydrogens is 259 g/mol. The molecule has 0 fully saturated rings. The summed E-state index contributed by atoms with van der Waals surface area (Å²) in [7, 11) is 0. The lowest BCUT2D eigenvalue weighted by atomic mass is 9.94. The van der Waals surface area contributed by atoms with Crippen molar-refractivity contribution < 1.29 is 13.2 Å². The quantitative estimate of drug-likeness (QED) is 0.876. The molecule has 0 aliphatic heterocycles. The highest BCUT2D eigenvalue weighted by Gasteiger charge is 2.34. The molecule has 1 aromatic rings. The normalized spacial score (nSPS) is 15.6. The van der Waals surface area contributed by atoms with Gasteiger partial charge < -0.3 is 5.73 Å². The summed E-state index contributed by atoms with van der Waals surface area (Å²) in [4.78, 5) is 0. The van der Waals surface area contributed by atoms with E-state index in [2.05, 4.69) is 15.9 Å². The molecule has 5 heteroatoms. The molecule has 0 radical (unpaired) electrons. The van der Waals surface area contributed by atoms with Crippen LogP contribution in [0.1, 0.15) is 12.5 Å². The third-order valence-electron chi connectivity index (χ3n) is 1.96. The fourth-order valence-corrected chi connectivity index (χ4v) is 1.70. The zero-order valence-electron chi connectivity index (χ0n) is 7.40. The van der Waals surface area contributed by atoms with Crippen LogP contribution in [-0.4, -0.2) is 6.43 Å². The third kappa shape index (κ3) is 2.09. The van der Waals surface area contributed by atoms with Crippen LogP contribution in [-0.2, 0) is 5.54 Å². The van der Waals surface area contributed by atoms with Gasteiger partial charge in [0.15, 0.2) is 0 Å². The molecule has 0 spiro atoms. The maximum Gasteiger partial charge on any atom is 0.260 e. The van der Waals surface area contributed by atoms with E-state index in [-0.39, 0.29) is 5.56 Å². The van der Waals surface area contributed by atoms with Crippen LogP contribution in [0.4, 0.5) is 13.2 Å². The van der Waals surface area contributed by atoms with Crippen molar-refractivity contribution in [3.8, 4) is 0 Å². The minimum absolute atomic E-state index is 0.0625. The van der Waals surface area contributed by atoms with Crippen molar-refractivity contribution in [3.05, 3.63) is 34.1 Å². The Kier molecular flexibility index (Phi) is 3.21. The van der Waals surface area contributed by atoms with Gasteiger partial charge in [0.1, 0.15) is 11.4 Å². The molecule has 0 saturated heterocycles. The summed E-state index contributed by atoms with van der Waals surface area (Å²) in [5.41, 5.74) is 3.62. The number of benzene rings is 1. The highest BCUT2D eigenvalue weighted by molar-refractivity contribution is 9.10. The average Bonchev–Trinajstić information content (AvgIpc) is 2.08. The molecular formula is C9H9BrF3N. The van der Waals surface area contributed by atoms with Crippen molar-refractivity contribution in [1.82, 2.24) is 0 Å². The van der Waals surface area contributed by atoms with Crippen LogP contribution in [0.25, 0.3) is 0 Å². The molecule has 0 heterocycles. The van der Waals surface area contributed by atoms with Gasteiger partial charge >= 0.3 is 0 Å². The third-order valence-corrected chi connectivity index (χ3v) is 2.65. The van der Waals surface area contributed by atoms with Gasteiger partial charge in [0.05, 0.1) is 0 Å². The van der Waals surface area contributed by atoms with Crippen LogP contribution >= 0.6 is 15.9 Å². The van der Waals surface area contributed by atoms with Gasteiger partial charge in [-0.3, -0.25) is 0 Å². The van der Waals surface area contributed by atoms with Crippen molar-refractivity contribution in [3.63, 3.8) is 0 Å². The second-order valence-electron chi connectivity index (χ2n) is 3.21. The number of hydrogen-bond donors (Lipinski definition) is 1. The number of rotatable bonds is 2. The van der Waals surface area contributed by atoms with Crippen LogP contribution < -0.4 is 5.73 Å². The highest BCUT2D eigenvalue weighted by atomic mass is 79.9. The number of halogens is 4. The zero-order valence-corrected chi connectivity index (χ0v) is 8.98. The van der Waals surface area contributed by atoms with Crippen molar-refractivity contribution in [1.29, 1.82) is 0 Å². The van der Waals surface area contributed by atoms with Gasteiger partial charge in [-0.15, -0.1) is 0 Å². The minimum atomic E-state index is -2.75. The van der Waals surface area contributed by atoms with Gasteiger partial charge in [0.2, 0.25) is 0 Å². The van der Waals surface area contributed by atoms with E-state index in [9.17, 15) is 13.2 Å². The Morgan fingerprint density at radius 2 is 2.00 bits per heavy atom. The fraction of sp³-hybridized carbons (Fsp3) is 0.333. The van der Waals surface area contributed by atoms with Crippen LogP contribution in [0.3, 0.4) is 0 Å². The van der Waals surface area contributed by atoms with E-state index < -0.39 is 17.8 Å². The molecule has 78 valence electrons. The highest BCUT2D eigenvalue weighted by Crippen LogP contribution is 2.31. The second-order valence-corrected chi connectivity index (χ2v) is 4.06. The molecule has 14 heavy (non-hydrogen) atoms. The predicted molar refractivity (Wildman–Crippen MR) is 51.6 cm³/mol. The Balaban J connectivity index is 3.24. The topological polar surface area (TPSA) is 26.0 Å². The molecule has 0 aromatic heterocycles. The van der Waals surface area contributed by atoms with Crippen LogP contribution in [0.5, 0.6) is 0 Å². The van der Waals surface area contributed by atoms with E-state index in [1.165, 1.54) is 12.1 Å². The van der Waals surface area contributed by atoms with E-state index in [0.717, 1.165) is 13.0 Å². The van der Waals surface area contributed by atoms with Gasteiger partial charge in [-0.25, -0.2) is 13.2 Å². The lowest BCUT2D eigenvalue weighted by molar-refractivity contribution is 0.0620.